The molecule has 0 unspecified atom stereocenters. The van der Waals surface area contributed by atoms with Gasteiger partial charge in [-0.15, -0.1) is 0 Å². The van der Waals surface area contributed by atoms with Crippen LogP contribution in [0.25, 0.3) is 0 Å². The van der Waals surface area contributed by atoms with Gasteiger partial charge in [0.05, 0.1) is 7.11 Å². The predicted molar refractivity (Wildman–Crippen MR) is 33.9 cm³/mol. The highest BCUT2D eigenvalue weighted by Gasteiger charge is 2.74. The standard InChI is InChI=1S/C6H5F7O3/c1-15-3(14)2-16-4(7,5(8,9)10)6(11,12)13/h2H2,1H3. The predicted octanol–water partition coefficient (Wildman–Crippen LogP) is 1.97. The Morgan fingerprint density at radius 1 is 1.00 bits per heavy atom. The minimum Gasteiger partial charge on any atom is -0.467 e. The minimum absolute atomic E-state index is 0.687. The third-order valence-corrected chi connectivity index (χ3v) is 1.35. The fourth-order valence-electron chi connectivity index (χ4n) is 0.542. The first-order valence-electron chi connectivity index (χ1n) is 3.49. The Hall–Kier alpha value is -1.06. The van der Waals surface area contributed by atoms with Gasteiger partial charge in [0, 0.05) is 0 Å². The van der Waals surface area contributed by atoms with Gasteiger partial charge in [0.25, 0.3) is 0 Å². The summed E-state index contributed by atoms with van der Waals surface area (Å²) in [6.07, 6.45) is -12.7. The van der Waals surface area contributed by atoms with Crippen LogP contribution >= 0.6 is 0 Å². The molecule has 0 rings (SSSR count). The molecule has 0 aliphatic carbocycles. The van der Waals surface area contributed by atoms with Crippen LogP contribution in [0, 0.1) is 0 Å². The molecule has 96 valence electrons. The number of methoxy groups -OCH3 is 1. The molecular formula is C6H5F7O3. The molecule has 0 amide bonds. The summed E-state index contributed by atoms with van der Waals surface area (Å²) >= 11 is 0. The van der Waals surface area contributed by atoms with Gasteiger partial charge in [-0.25, -0.2) is 4.79 Å². The molecule has 0 saturated heterocycles. The summed E-state index contributed by atoms with van der Waals surface area (Å²) in [5, 5.41) is 0. The second-order valence-corrected chi connectivity index (χ2v) is 2.46. The van der Waals surface area contributed by atoms with Gasteiger partial charge in [0.2, 0.25) is 0 Å². The number of hydrogen-bond acceptors (Lipinski definition) is 3. The second-order valence-electron chi connectivity index (χ2n) is 2.46. The summed E-state index contributed by atoms with van der Waals surface area (Å²) in [4.78, 5) is 10.3. The molecule has 0 radical (unpaired) electrons. The van der Waals surface area contributed by atoms with Gasteiger partial charge in [-0.05, 0) is 0 Å². The van der Waals surface area contributed by atoms with Crippen LogP contribution in [0.4, 0.5) is 30.7 Å². The number of alkyl halides is 7. The van der Waals surface area contributed by atoms with Crippen LogP contribution in [-0.2, 0) is 14.3 Å². The highest BCUT2D eigenvalue weighted by molar-refractivity contribution is 5.70. The van der Waals surface area contributed by atoms with Gasteiger partial charge in [0.1, 0.15) is 6.61 Å². The summed E-state index contributed by atoms with van der Waals surface area (Å²) in [6.45, 7) is -1.81. The Balaban J connectivity index is 4.92. The number of hydrogen-bond donors (Lipinski definition) is 0. The van der Waals surface area contributed by atoms with Crippen molar-refractivity contribution in [3.8, 4) is 0 Å². The van der Waals surface area contributed by atoms with Crippen LogP contribution in [0.3, 0.4) is 0 Å². The molecule has 0 spiro atoms. The molecule has 0 bridgehead atoms. The van der Waals surface area contributed by atoms with Crippen LogP contribution in [0.2, 0.25) is 0 Å². The van der Waals surface area contributed by atoms with E-state index in [4.69, 9.17) is 0 Å². The maximum atomic E-state index is 12.6. The van der Waals surface area contributed by atoms with Gasteiger partial charge in [-0.3, -0.25) is 0 Å². The zero-order valence-corrected chi connectivity index (χ0v) is 7.58. The summed E-state index contributed by atoms with van der Waals surface area (Å²) in [7, 11) is 0.687. The Morgan fingerprint density at radius 3 is 1.62 bits per heavy atom. The fraction of sp³-hybridized carbons (Fsp3) is 0.833. The lowest BCUT2D eigenvalue weighted by Crippen LogP contribution is -2.55. The van der Waals surface area contributed by atoms with E-state index >= 15 is 0 Å². The molecule has 0 aliphatic heterocycles. The molecule has 0 aromatic carbocycles. The molecule has 0 aromatic heterocycles. The molecule has 0 atom stereocenters. The lowest BCUT2D eigenvalue weighted by molar-refractivity contribution is -0.428. The third kappa shape index (κ3) is 2.97. The summed E-state index contributed by atoms with van der Waals surface area (Å²) in [5.74, 6) is -7.47. The first kappa shape index (κ1) is 14.9. The van der Waals surface area contributed by atoms with Gasteiger partial charge in [-0.2, -0.15) is 30.7 Å². The van der Waals surface area contributed by atoms with Crippen molar-refractivity contribution in [2.75, 3.05) is 13.7 Å². The lowest BCUT2D eigenvalue weighted by Gasteiger charge is -2.28. The first-order chi connectivity index (χ1) is 6.95. The van der Waals surface area contributed by atoms with E-state index in [9.17, 15) is 35.5 Å². The number of rotatable bonds is 3. The third-order valence-electron chi connectivity index (χ3n) is 1.35. The SMILES string of the molecule is COC(=O)COC(F)(C(F)(F)F)C(F)(F)F. The molecular weight excluding hydrogens is 253 g/mol. The van der Waals surface area contributed by atoms with Crippen molar-refractivity contribution in [3.63, 3.8) is 0 Å². The molecule has 0 heterocycles. The average Bonchev–Trinajstić information content (AvgIpc) is 2.09. The van der Waals surface area contributed by atoms with E-state index in [2.05, 4.69) is 9.47 Å². The van der Waals surface area contributed by atoms with Crippen molar-refractivity contribution in [2.45, 2.75) is 18.2 Å². The van der Waals surface area contributed by atoms with E-state index < -0.39 is 30.8 Å². The van der Waals surface area contributed by atoms with Gasteiger partial charge in [-0.1, -0.05) is 0 Å². The second kappa shape index (κ2) is 4.44. The Kier molecular flexibility index (Phi) is 4.14. The Morgan fingerprint density at radius 2 is 1.38 bits per heavy atom. The first-order valence-corrected chi connectivity index (χ1v) is 3.49. The number of carbonyl (C=O) groups is 1. The number of halogens is 7. The number of carbonyl (C=O) groups excluding carboxylic acids is 1. The maximum Gasteiger partial charge on any atom is 0.458 e. The van der Waals surface area contributed by atoms with Crippen molar-refractivity contribution in [3.05, 3.63) is 0 Å². The summed E-state index contributed by atoms with van der Waals surface area (Å²) in [5.41, 5.74) is 0. The normalized spacial score (nSPS) is 13.8. The van der Waals surface area contributed by atoms with Crippen LogP contribution in [0.5, 0.6) is 0 Å². The molecule has 0 N–H and O–H groups in total. The van der Waals surface area contributed by atoms with E-state index in [1.54, 1.807) is 0 Å². The van der Waals surface area contributed by atoms with E-state index in [-0.39, 0.29) is 0 Å². The number of ether oxygens (including phenoxy) is 2. The van der Waals surface area contributed by atoms with Gasteiger partial charge < -0.3 is 9.47 Å². The van der Waals surface area contributed by atoms with E-state index in [0.717, 1.165) is 0 Å². The molecule has 0 fully saturated rings. The van der Waals surface area contributed by atoms with Crippen molar-refractivity contribution in [1.29, 1.82) is 0 Å². The quantitative estimate of drug-likeness (QED) is 0.573. The zero-order chi connectivity index (χ0) is 13.2. The van der Waals surface area contributed by atoms with Crippen LogP contribution in [0.1, 0.15) is 0 Å². The Labute approximate surface area is 84.1 Å². The molecule has 10 heteroatoms. The zero-order valence-electron chi connectivity index (χ0n) is 7.58. The largest absolute Gasteiger partial charge is 0.467 e. The van der Waals surface area contributed by atoms with Gasteiger partial charge in [0.15, 0.2) is 0 Å². The fourth-order valence-corrected chi connectivity index (χ4v) is 0.542. The average molecular weight is 258 g/mol. The molecule has 3 nitrogen and oxygen atoms in total. The molecule has 0 aliphatic rings. The Bertz CT molecular complexity index is 242. The van der Waals surface area contributed by atoms with Crippen molar-refractivity contribution < 1.29 is 45.0 Å². The number of esters is 1. The maximum absolute atomic E-state index is 12.6. The topological polar surface area (TPSA) is 35.5 Å². The highest BCUT2D eigenvalue weighted by Crippen LogP contribution is 2.46. The minimum atomic E-state index is -6.35. The summed E-state index contributed by atoms with van der Waals surface area (Å²) in [6, 6.07) is 0. The van der Waals surface area contributed by atoms with Crippen molar-refractivity contribution in [2.24, 2.45) is 0 Å². The van der Waals surface area contributed by atoms with Crippen molar-refractivity contribution in [1.82, 2.24) is 0 Å². The lowest BCUT2D eigenvalue weighted by atomic mass is 10.3. The monoisotopic (exact) mass is 258 g/mol. The van der Waals surface area contributed by atoms with Crippen LogP contribution in [0.15, 0.2) is 0 Å². The van der Waals surface area contributed by atoms with E-state index in [1.165, 1.54) is 0 Å². The van der Waals surface area contributed by atoms with E-state index in [0.29, 0.717) is 7.11 Å². The molecule has 0 saturated carbocycles. The van der Waals surface area contributed by atoms with Crippen molar-refractivity contribution >= 4 is 5.97 Å². The van der Waals surface area contributed by atoms with Crippen LogP contribution in [-0.4, -0.2) is 37.9 Å². The molecule has 16 heavy (non-hydrogen) atoms. The summed E-state index contributed by atoms with van der Waals surface area (Å²) < 4.78 is 89.9. The van der Waals surface area contributed by atoms with Gasteiger partial charge >= 0.3 is 24.2 Å². The highest BCUT2D eigenvalue weighted by atomic mass is 19.4. The smallest absolute Gasteiger partial charge is 0.458 e. The van der Waals surface area contributed by atoms with E-state index in [1.807, 2.05) is 0 Å². The van der Waals surface area contributed by atoms with Crippen LogP contribution < -0.4 is 0 Å². The molecule has 0 aromatic rings.